The number of nitriles is 1. The number of rotatable bonds is 7. The maximum absolute atomic E-state index is 12.7. The molecule has 3 aromatic heterocycles. The molecule has 8 nitrogen and oxygen atoms in total. The van der Waals surface area contributed by atoms with E-state index in [0.717, 1.165) is 46.6 Å². The number of amides is 1. The minimum absolute atomic E-state index is 0.188. The molecule has 1 N–H and O–H groups in total. The number of carbonyl (C=O) groups is 1. The van der Waals surface area contributed by atoms with Crippen molar-refractivity contribution < 1.29 is 14.3 Å². The molecule has 1 saturated carbocycles. The molecule has 4 heterocycles. The Morgan fingerprint density at radius 2 is 2.09 bits per heavy atom. The van der Waals surface area contributed by atoms with Gasteiger partial charge in [0.15, 0.2) is 6.61 Å². The van der Waals surface area contributed by atoms with E-state index >= 15 is 0 Å². The number of nitrogens with zero attached hydrogens (tertiary/aromatic N) is 4. The van der Waals surface area contributed by atoms with Crippen molar-refractivity contribution in [2.24, 2.45) is 0 Å². The van der Waals surface area contributed by atoms with Crippen LogP contribution in [0.3, 0.4) is 0 Å². The van der Waals surface area contributed by atoms with Gasteiger partial charge in [0, 0.05) is 28.9 Å². The molecule has 0 atom stereocenters. The van der Waals surface area contributed by atoms with E-state index in [1.54, 1.807) is 22.7 Å². The summed E-state index contributed by atoms with van der Waals surface area (Å²) in [5, 5.41) is 17.4. The van der Waals surface area contributed by atoms with E-state index in [1.165, 1.54) is 0 Å². The Kier molecular flexibility index (Phi) is 6.55. The van der Waals surface area contributed by atoms with Crippen molar-refractivity contribution in [1.82, 2.24) is 20.2 Å². The molecule has 1 aliphatic heterocycles. The Balaban J connectivity index is 1.41. The summed E-state index contributed by atoms with van der Waals surface area (Å²) in [5.74, 6) is 0.789. The predicted molar refractivity (Wildman–Crippen MR) is 127 cm³/mol. The molecule has 1 aliphatic carbocycles. The maximum atomic E-state index is 12.7. The first-order valence-corrected chi connectivity index (χ1v) is 12.9. The Bertz CT molecular complexity index is 1160. The van der Waals surface area contributed by atoms with Crippen LogP contribution < -0.4 is 10.1 Å². The number of hydrogen-bond acceptors (Lipinski definition) is 9. The fraction of sp³-hybridized carbons (Fsp3) is 0.478. The van der Waals surface area contributed by atoms with E-state index < -0.39 is 5.54 Å². The van der Waals surface area contributed by atoms with Crippen molar-refractivity contribution in [2.45, 2.75) is 37.8 Å². The Hall–Kier alpha value is -2.58. The van der Waals surface area contributed by atoms with E-state index in [1.807, 2.05) is 11.4 Å². The zero-order valence-electron chi connectivity index (χ0n) is 18.2. The molecule has 1 amide bonds. The highest BCUT2D eigenvalue weighted by Gasteiger charge is 2.35. The number of ether oxygens (including phenoxy) is 2. The summed E-state index contributed by atoms with van der Waals surface area (Å²) in [6, 6.07) is 6.35. The summed E-state index contributed by atoms with van der Waals surface area (Å²) in [6.45, 7) is 3.49. The van der Waals surface area contributed by atoms with Gasteiger partial charge in [0.05, 0.1) is 31.2 Å². The van der Waals surface area contributed by atoms with Gasteiger partial charge in [0.2, 0.25) is 5.88 Å². The number of hydrogen-bond donors (Lipinski definition) is 1. The van der Waals surface area contributed by atoms with Crippen molar-refractivity contribution in [1.29, 1.82) is 5.26 Å². The fourth-order valence-corrected chi connectivity index (χ4v) is 6.15. The van der Waals surface area contributed by atoms with Crippen molar-refractivity contribution >= 4 is 38.8 Å². The van der Waals surface area contributed by atoms with E-state index in [-0.39, 0.29) is 12.5 Å². The van der Waals surface area contributed by atoms with Crippen LogP contribution in [0.1, 0.15) is 31.5 Å². The average Bonchev–Trinajstić information content (AvgIpc) is 3.59. The van der Waals surface area contributed by atoms with Gasteiger partial charge < -0.3 is 14.8 Å². The number of nitrogens with one attached hydrogen (secondary N) is 1. The number of morpholine rings is 1. The number of thiophene rings is 2. The highest BCUT2D eigenvalue weighted by atomic mass is 32.1. The predicted octanol–water partition coefficient (Wildman–Crippen LogP) is 3.58. The highest BCUT2D eigenvalue weighted by molar-refractivity contribution is 7.18. The lowest BCUT2D eigenvalue weighted by Crippen LogP contribution is -2.47. The first-order chi connectivity index (χ1) is 16.2. The summed E-state index contributed by atoms with van der Waals surface area (Å²) in [5.41, 5.74) is 0.246. The largest absolute Gasteiger partial charge is 0.467 e. The SMILES string of the molecule is N#CC1(NC(=O)COc2nc(CN3CCOCC3)nc3scc(-c4cccs4)c23)CCCC1. The minimum atomic E-state index is -0.770. The summed E-state index contributed by atoms with van der Waals surface area (Å²) in [6.07, 6.45) is 3.27. The lowest BCUT2D eigenvalue weighted by Gasteiger charge is -2.25. The smallest absolute Gasteiger partial charge is 0.259 e. The monoisotopic (exact) mass is 483 g/mol. The molecule has 0 aromatic carbocycles. The molecule has 5 rings (SSSR count). The zero-order chi connectivity index (χ0) is 22.7. The van der Waals surface area contributed by atoms with Gasteiger partial charge in [-0.2, -0.15) is 10.2 Å². The average molecular weight is 484 g/mol. The van der Waals surface area contributed by atoms with Crippen LogP contribution in [-0.2, 0) is 16.1 Å². The second-order valence-corrected chi connectivity index (χ2v) is 10.2. The topological polar surface area (TPSA) is 100 Å². The van der Waals surface area contributed by atoms with Crippen LogP contribution in [0.15, 0.2) is 22.9 Å². The minimum Gasteiger partial charge on any atom is -0.467 e. The lowest BCUT2D eigenvalue weighted by molar-refractivity contribution is -0.124. The first-order valence-electron chi connectivity index (χ1n) is 11.1. The first kappa shape index (κ1) is 22.2. The Morgan fingerprint density at radius 3 is 2.82 bits per heavy atom. The summed E-state index contributed by atoms with van der Waals surface area (Å²) < 4.78 is 11.4. The molecule has 1 saturated heterocycles. The van der Waals surface area contributed by atoms with Gasteiger partial charge in [-0.25, -0.2) is 4.98 Å². The van der Waals surface area contributed by atoms with Crippen molar-refractivity contribution in [3.8, 4) is 22.4 Å². The lowest BCUT2D eigenvalue weighted by atomic mass is 10.00. The maximum Gasteiger partial charge on any atom is 0.259 e. The molecule has 3 aromatic rings. The van der Waals surface area contributed by atoms with Crippen LogP contribution in [0.5, 0.6) is 5.88 Å². The van der Waals surface area contributed by atoms with Gasteiger partial charge >= 0.3 is 0 Å². The third-order valence-corrected chi connectivity index (χ3v) is 7.87. The van der Waals surface area contributed by atoms with E-state index in [4.69, 9.17) is 19.4 Å². The summed E-state index contributed by atoms with van der Waals surface area (Å²) in [4.78, 5) is 26.4. The fourth-order valence-electron chi connectivity index (χ4n) is 4.38. The van der Waals surface area contributed by atoms with Crippen LogP contribution in [-0.4, -0.2) is 59.2 Å². The van der Waals surface area contributed by atoms with Crippen LogP contribution in [0.25, 0.3) is 20.7 Å². The van der Waals surface area contributed by atoms with Gasteiger partial charge in [-0.05, 0) is 37.1 Å². The quantitative estimate of drug-likeness (QED) is 0.548. The molecule has 2 fully saturated rings. The van der Waals surface area contributed by atoms with Crippen LogP contribution in [0.4, 0.5) is 0 Å². The molecule has 2 aliphatic rings. The molecule has 0 bridgehead atoms. The molecule has 10 heteroatoms. The molecule has 172 valence electrons. The zero-order valence-corrected chi connectivity index (χ0v) is 19.8. The number of fused-ring (bicyclic) bond motifs is 1. The van der Waals surface area contributed by atoms with Crippen LogP contribution in [0, 0.1) is 11.3 Å². The molecular formula is C23H25N5O3S2. The molecule has 0 radical (unpaired) electrons. The van der Waals surface area contributed by atoms with E-state index in [9.17, 15) is 10.1 Å². The van der Waals surface area contributed by atoms with Crippen molar-refractivity contribution in [3.05, 3.63) is 28.7 Å². The standard InChI is InChI=1S/C23H25N5O3S2/c24-15-23(5-1-2-6-23)27-19(29)13-31-21-20-16(17-4-3-11-32-17)14-33-22(20)26-18(25-21)12-28-7-9-30-10-8-28/h3-4,11,14H,1-2,5-10,12-13H2,(H,27,29). The van der Waals surface area contributed by atoms with Gasteiger partial charge in [0.1, 0.15) is 16.2 Å². The van der Waals surface area contributed by atoms with Crippen LogP contribution >= 0.6 is 22.7 Å². The van der Waals surface area contributed by atoms with Gasteiger partial charge in [-0.1, -0.05) is 6.07 Å². The molecule has 33 heavy (non-hydrogen) atoms. The van der Waals surface area contributed by atoms with Crippen LogP contribution in [0.2, 0.25) is 0 Å². The highest BCUT2D eigenvalue weighted by Crippen LogP contribution is 2.40. The molecule has 0 spiro atoms. The number of aromatic nitrogens is 2. The molecular weight excluding hydrogens is 458 g/mol. The Morgan fingerprint density at radius 1 is 1.27 bits per heavy atom. The summed E-state index contributed by atoms with van der Waals surface area (Å²) in [7, 11) is 0. The van der Waals surface area contributed by atoms with Crippen molar-refractivity contribution in [3.63, 3.8) is 0 Å². The Labute approximate surface area is 200 Å². The second-order valence-electron chi connectivity index (χ2n) is 8.38. The van der Waals surface area contributed by atoms with Gasteiger partial charge in [-0.3, -0.25) is 9.69 Å². The van der Waals surface area contributed by atoms with Gasteiger partial charge in [0.25, 0.3) is 5.91 Å². The van der Waals surface area contributed by atoms with E-state index in [2.05, 4.69) is 27.7 Å². The summed E-state index contributed by atoms with van der Waals surface area (Å²) >= 11 is 3.20. The normalized spacial score (nSPS) is 18.3. The van der Waals surface area contributed by atoms with E-state index in [0.29, 0.717) is 44.3 Å². The third-order valence-electron chi connectivity index (χ3n) is 6.09. The second kappa shape index (κ2) is 9.73. The van der Waals surface area contributed by atoms with Crippen molar-refractivity contribution in [2.75, 3.05) is 32.9 Å². The molecule has 0 unspecified atom stereocenters. The van der Waals surface area contributed by atoms with Gasteiger partial charge in [-0.15, -0.1) is 22.7 Å². The third kappa shape index (κ3) is 4.87. The number of carbonyl (C=O) groups excluding carboxylic acids is 1.